The van der Waals surface area contributed by atoms with Crippen molar-refractivity contribution in [1.29, 1.82) is 0 Å². The van der Waals surface area contributed by atoms with Crippen molar-refractivity contribution in [3.63, 3.8) is 0 Å². The van der Waals surface area contributed by atoms with Gasteiger partial charge < -0.3 is 9.84 Å². The van der Waals surface area contributed by atoms with E-state index in [1.54, 1.807) is 0 Å². The lowest BCUT2D eigenvalue weighted by atomic mass is 9.95. The van der Waals surface area contributed by atoms with Gasteiger partial charge in [0.15, 0.2) is 0 Å². The summed E-state index contributed by atoms with van der Waals surface area (Å²) >= 11 is 0. The Morgan fingerprint density at radius 3 is 2.50 bits per heavy atom. The van der Waals surface area contributed by atoms with Crippen LogP contribution >= 0.6 is 0 Å². The highest BCUT2D eigenvalue weighted by molar-refractivity contribution is 5.21. The quantitative estimate of drug-likeness (QED) is 0.779. The second kappa shape index (κ2) is 4.47. The number of benzene rings is 1. The van der Waals surface area contributed by atoms with Crippen molar-refractivity contribution in [2.24, 2.45) is 0 Å². The molecule has 2 heteroatoms. The number of aliphatic hydroxyl groups excluding tert-OH is 1. The standard InChI is InChI=1S/C12H16O2/c13-11-8-4-5-9-12(11)14-10-6-2-1-3-7-10/h1-3,6-7,11-13H,4-5,8-9H2/t11-,12-/m1/s1. The van der Waals surface area contributed by atoms with Crippen molar-refractivity contribution in [3.05, 3.63) is 30.3 Å². The monoisotopic (exact) mass is 192 g/mol. The van der Waals surface area contributed by atoms with Crippen molar-refractivity contribution in [3.8, 4) is 5.75 Å². The van der Waals surface area contributed by atoms with Gasteiger partial charge in [-0.1, -0.05) is 24.6 Å². The first-order valence-electron chi connectivity index (χ1n) is 5.26. The minimum absolute atomic E-state index is 0.00819. The summed E-state index contributed by atoms with van der Waals surface area (Å²) in [6, 6.07) is 9.72. The molecule has 1 aromatic carbocycles. The molecule has 1 aliphatic rings. The number of ether oxygens (including phenoxy) is 1. The van der Waals surface area contributed by atoms with Crippen molar-refractivity contribution in [2.45, 2.75) is 37.9 Å². The minimum atomic E-state index is -0.288. The molecule has 1 aliphatic carbocycles. The van der Waals surface area contributed by atoms with Crippen LogP contribution in [0.2, 0.25) is 0 Å². The van der Waals surface area contributed by atoms with Gasteiger partial charge in [0.05, 0.1) is 6.10 Å². The van der Waals surface area contributed by atoms with Crippen molar-refractivity contribution >= 4 is 0 Å². The third-order valence-electron chi connectivity index (χ3n) is 2.70. The van der Waals surface area contributed by atoms with Gasteiger partial charge in [-0.2, -0.15) is 0 Å². The van der Waals surface area contributed by atoms with Crippen molar-refractivity contribution in [1.82, 2.24) is 0 Å². The molecule has 1 fully saturated rings. The fourth-order valence-electron chi connectivity index (χ4n) is 1.89. The fraction of sp³-hybridized carbons (Fsp3) is 0.500. The van der Waals surface area contributed by atoms with E-state index in [-0.39, 0.29) is 12.2 Å². The summed E-state index contributed by atoms with van der Waals surface area (Å²) < 4.78 is 5.72. The lowest BCUT2D eigenvalue weighted by Crippen LogP contribution is -2.34. The van der Waals surface area contributed by atoms with Crippen LogP contribution in [0, 0.1) is 0 Å². The third kappa shape index (κ3) is 2.26. The molecular formula is C12H16O2. The topological polar surface area (TPSA) is 29.5 Å². The average molecular weight is 192 g/mol. The maximum absolute atomic E-state index is 9.71. The first-order valence-corrected chi connectivity index (χ1v) is 5.26. The van der Waals surface area contributed by atoms with Gasteiger partial charge in [0.25, 0.3) is 0 Å². The molecule has 0 saturated heterocycles. The molecule has 2 rings (SSSR count). The van der Waals surface area contributed by atoms with Crippen LogP contribution in [0.3, 0.4) is 0 Å². The fourth-order valence-corrected chi connectivity index (χ4v) is 1.89. The molecule has 2 nitrogen and oxygen atoms in total. The van der Waals surface area contributed by atoms with E-state index in [1.165, 1.54) is 0 Å². The molecule has 1 saturated carbocycles. The van der Waals surface area contributed by atoms with Crippen LogP contribution in [0.25, 0.3) is 0 Å². The lowest BCUT2D eigenvalue weighted by Gasteiger charge is -2.28. The van der Waals surface area contributed by atoms with Gasteiger partial charge in [0.1, 0.15) is 11.9 Å². The zero-order valence-corrected chi connectivity index (χ0v) is 8.23. The number of aliphatic hydroxyl groups is 1. The smallest absolute Gasteiger partial charge is 0.124 e. The molecule has 0 unspecified atom stereocenters. The zero-order chi connectivity index (χ0) is 9.80. The number of hydrogen-bond donors (Lipinski definition) is 1. The minimum Gasteiger partial charge on any atom is -0.488 e. The second-order valence-corrected chi connectivity index (χ2v) is 3.82. The van der Waals surface area contributed by atoms with E-state index in [0.717, 1.165) is 31.4 Å². The predicted octanol–water partition coefficient (Wildman–Crippen LogP) is 2.37. The van der Waals surface area contributed by atoms with Gasteiger partial charge in [-0.25, -0.2) is 0 Å². The number of rotatable bonds is 2. The lowest BCUT2D eigenvalue weighted by molar-refractivity contribution is 0.00688. The predicted molar refractivity (Wildman–Crippen MR) is 55.3 cm³/mol. The van der Waals surface area contributed by atoms with Crippen LogP contribution in [0.1, 0.15) is 25.7 Å². The summed E-state index contributed by atoms with van der Waals surface area (Å²) in [5.74, 6) is 0.860. The molecule has 0 bridgehead atoms. The Bertz CT molecular complexity index is 271. The highest BCUT2D eigenvalue weighted by Gasteiger charge is 2.24. The van der Waals surface area contributed by atoms with Crippen LogP contribution in [0.4, 0.5) is 0 Å². The molecule has 0 aromatic heterocycles. The first kappa shape index (κ1) is 9.53. The van der Waals surface area contributed by atoms with Crippen LogP contribution in [-0.2, 0) is 0 Å². The van der Waals surface area contributed by atoms with E-state index in [4.69, 9.17) is 4.74 Å². The summed E-state index contributed by atoms with van der Waals surface area (Å²) in [4.78, 5) is 0. The van der Waals surface area contributed by atoms with E-state index in [1.807, 2.05) is 30.3 Å². The van der Waals surface area contributed by atoms with Crippen LogP contribution in [0.5, 0.6) is 5.75 Å². The number of hydrogen-bond acceptors (Lipinski definition) is 2. The largest absolute Gasteiger partial charge is 0.488 e. The zero-order valence-electron chi connectivity index (χ0n) is 8.23. The van der Waals surface area contributed by atoms with E-state index in [2.05, 4.69) is 0 Å². The number of para-hydroxylation sites is 1. The van der Waals surface area contributed by atoms with Gasteiger partial charge in [-0.15, -0.1) is 0 Å². The Kier molecular flexibility index (Phi) is 3.04. The highest BCUT2D eigenvalue weighted by atomic mass is 16.5. The molecule has 0 amide bonds. The molecule has 76 valence electrons. The van der Waals surface area contributed by atoms with Crippen LogP contribution in [-0.4, -0.2) is 17.3 Å². The Morgan fingerprint density at radius 2 is 1.79 bits per heavy atom. The second-order valence-electron chi connectivity index (χ2n) is 3.82. The maximum atomic E-state index is 9.71. The average Bonchev–Trinajstić information content (AvgIpc) is 2.23. The molecule has 1 N–H and O–H groups in total. The Balaban J connectivity index is 1.96. The molecule has 0 radical (unpaired) electrons. The summed E-state index contributed by atoms with van der Waals surface area (Å²) in [5.41, 5.74) is 0. The van der Waals surface area contributed by atoms with Gasteiger partial charge in [-0.3, -0.25) is 0 Å². The molecule has 2 atom stereocenters. The summed E-state index contributed by atoms with van der Waals surface area (Å²) in [6.45, 7) is 0. The van der Waals surface area contributed by atoms with E-state index < -0.39 is 0 Å². The molecule has 1 aromatic rings. The third-order valence-corrected chi connectivity index (χ3v) is 2.70. The SMILES string of the molecule is O[C@@H]1CCCC[C@H]1Oc1ccccc1. The van der Waals surface area contributed by atoms with Crippen LogP contribution in [0.15, 0.2) is 30.3 Å². The van der Waals surface area contributed by atoms with Crippen molar-refractivity contribution in [2.75, 3.05) is 0 Å². The maximum Gasteiger partial charge on any atom is 0.124 e. The Labute approximate surface area is 84.5 Å². The molecule has 0 spiro atoms. The summed E-state index contributed by atoms with van der Waals surface area (Å²) in [5, 5.41) is 9.71. The first-order chi connectivity index (χ1) is 6.86. The summed E-state index contributed by atoms with van der Waals surface area (Å²) in [6.07, 6.45) is 3.83. The normalized spacial score (nSPS) is 27.2. The van der Waals surface area contributed by atoms with Crippen LogP contribution < -0.4 is 4.74 Å². The van der Waals surface area contributed by atoms with Gasteiger partial charge in [0.2, 0.25) is 0 Å². The molecular weight excluding hydrogens is 176 g/mol. The van der Waals surface area contributed by atoms with Gasteiger partial charge in [0, 0.05) is 0 Å². The molecule has 14 heavy (non-hydrogen) atoms. The van der Waals surface area contributed by atoms with E-state index >= 15 is 0 Å². The summed E-state index contributed by atoms with van der Waals surface area (Å²) in [7, 11) is 0. The van der Waals surface area contributed by atoms with Gasteiger partial charge >= 0.3 is 0 Å². The Hall–Kier alpha value is -1.02. The molecule has 0 aliphatic heterocycles. The van der Waals surface area contributed by atoms with Gasteiger partial charge in [-0.05, 0) is 31.4 Å². The van der Waals surface area contributed by atoms with Crippen molar-refractivity contribution < 1.29 is 9.84 Å². The van der Waals surface area contributed by atoms with E-state index in [9.17, 15) is 5.11 Å². The highest BCUT2D eigenvalue weighted by Crippen LogP contribution is 2.23. The van der Waals surface area contributed by atoms with E-state index in [0.29, 0.717) is 0 Å². The Morgan fingerprint density at radius 1 is 1.07 bits per heavy atom. The molecule has 0 heterocycles.